The van der Waals surface area contributed by atoms with Gasteiger partial charge in [-0.2, -0.15) is 0 Å². The number of rotatable bonds is 4. The lowest BCUT2D eigenvalue weighted by Crippen LogP contribution is -2.24. The van der Waals surface area contributed by atoms with Gasteiger partial charge >= 0.3 is 0 Å². The number of fused-ring (bicyclic) bond motifs is 1. The average molecular weight is 396 g/mol. The minimum Gasteiger partial charge on any atom is -0.323 e. The Labute approximate surface area is 176 Å². The van der Waals surface area contributed by atoms with Crippen LogP contribution in [0.3, 0.4) is 0 Å². The molecule has 1 amide bonds. The number of para-hydroxylation sites is 3. The number of benzene rings is 3. The molecule has 30 heavy (non-hydrogen) atoms. The van der Waals surface area contributed by atoms with Crippen molar-refractivity contribution in [3.8, 4) is 0 Å². The molecule has 0 bridgehead atoms. The van der Waals surface area contributed by atoms with Crippen molar-refractivity contribution in [3.05, 3.63) is 95.3 Å². The molecule has 0 aliphatic carbocycles. The van der Waals surface area contributed by atoms with Gasteiger partial charge in [0.2, 0.25) is 5.91 Å². The second kappa shape index (κ2) is 7.45. The summed E-state index contributed by atoms with van der Waals surface area (Å²) in [5.74, 6) is 1.25. The normalized spacial score (nSPS) is 16.5. The Hall–Kier alpha value is -3.40. The Balaban J connectivity index is 1.56. The Morgan fingerprint density at radius 1 is 0.967 bits per heavy atom. The van der Waals surface area contributed by atoms with Crippen LogP contribution >= 0.6 is 0 Å². The Morgan fingerprint density at radius 2 is 1.73 bits per heavy atom. The first-order chi connectivity index (χ1) is 14.6. The Morgan fingerprint density at radius 3 is 2.57 bits per heavy atom. The number of anilines is 1. The summed E-state index contributed by atoms with van der Waals surface area (Å²) >= 11 is 0. The SMILES string of the molecule is Cc1ccc(C)c(Cn2c([C@@H]3CC(=O)N(c4ccccc4)C3)nc3ccccc32)c1. The molecule has 1 aromatic heterocycles. The summed E-state index contributed by atoms with van der Waals surface area (Å²) in [6.07, 6.45) is 0.491. The van der Waals surface area contributed by atoms with Crippen LogP contribution in [0.1, 0.15) is 34.9 Å². The molecule has 1 saturated heterocycles. The van der Waals surface area contributed by atoms with Gasteiger partial charge in [-0.05, 0) is 49.2 Å². The molecule has 0 radical (unpaired) electrons. The van der Waals surface area contributed by atoms with Crippen LogP contribution in [-0.4, -0.2) is 22.0 Å². The van der Waals surface area contributed by atoms with Crippen LogP contribution in [0.4, 0.5) is 5.69 Å². The highest BCUT2D eigenvalue weighted by atomic mass is 16.2. The van der Waals surface area contributed by atoms with Crippen LogP contribution in [0.2, 0.25) is 0 Å². The van der Waals surface area contributed by atoms with Gasteiger partial charge in [0.05, 0.1) is 11.0 Å². The summed E-state index contributed by atoms with van der Waals surface area (Å²) in [5, 5.41) is 0. The highest BCUT2D eigenvalue weighted by Gasteiger charge is 2.34. The molecule has 1 fully saturated rings. The lowest BCUT2D eigenvalue weighted by atomic mass is 10.0. The standard InChI is InChI=1S/C26H25N3O/c1-18-12-13-19(2)20(14-18)16-29-24-11-7-6-10-23(24)27-26(29)21-15-25(30)28(17-21)22-8-4-3-5-9-22/h3-14,21H,15-17H2,1-2H3/t21-/m1/s1. The first-order valence-corrected chi connectivity index (χ1v) is 10.5. The summed E-state index contributed by atoms with van der Waals surface area (Å²) in [4.78, 5) is 19.7. The van der Waals surface area contributed by atoms with Crippen molar-refractivity contribution in [2.75, 3.05) is 11.4 Å². The van der Waals surface area contributed by atoms with Crippen LogP contribution in [0.25, 0.3) is 11.0 Å². The number of carbonyl (C=O) groups excluding carboxylic acids is 1. The molecular weight excluding hydrogens is 370 g/mol. The molecule has 150 valence electrons. The Kier molecular flexibility index (Phi) is 4.62. The van der Waals surface area contributed by atoms with E-state index in [1.165, 1.54) is 16.7 Å². The monoisotopic (exact) mass is 395 g/mol. The summed E-state index contributed by atoms with van der Waals surface area (Å²) in [6, 6.07) is 24.8. The zero-order chi connectivity index (χ0) is 20.7. The maximum Gasteiger partial charge on any atom is 0.227 e. The summed E-state index contributed by atoms with van der Waals surface area (Å²) in [7, 11) is 0. The van der Waals surface area contributed by atoms with E-state index >= 15 is 0 Å². The smallest absolute Gasteiger partial charge is 0.227 e. The van der Waals surface area contributed by atoms with E-state index in [2.05, 4.69) is 54.8 Å². The maximum atomic E-state index is 12.8. The topological polar surface area (TPSA) is 38.1 Å². The van der Waals surface area contributed by atoms with Gasteiger partial charge in [-0.15, -0.1) is 0 Å². The van der Waals surface area contributed by atoms with E-state index in [9.17, 15) is 4.79 Å². The zero-order valence-electron chi connectivity index (χ0n) is 17.4. The third kappa shape index (κ3) is 3.28. The van der Waals surface area contributed by atoms with Crippen molar-refractivity contribution in [2.24, 2.45) is 0 Å². The summed E-state index contributed by atoms with van der Waals surface area (Å²) < 4.78 is 2.31. The van der Waals surface area contributed by atoms with E-state index in [4.69, 9.17) is 4.98 Å². The lowest BCUT2D eigenvalue weighted by Gasteiger charge is -2.18. The second-order valence-electron chi connectivity index (χ2n) is 8.22. The van der Waals surface area contributed by atoms with Gasteiger partial charge in [0.1, 0.15) is 5.82 Å². The van der Waals surface area contributed by atoms with Gasteiger partial charge in [-0.1, -0.05) is 54.1 Å². The fourth-order valence-corrected chi connectivity index (χ4v) is 4.45. The van der Waals surface area contributed by atoms with Crippen LogP contribution < -0.4 is 4.90 Å². The van der Waals surface area contributed by atoms with Crippen molar-refractivity contribution in [2.45, 2.75) is 32.7 Å². The molecule has 1 aliphatic rings. The van der Waals surface area contributed by atoms with Crippen molar-refractivity contribution in [1.82, 2.24) is 9.55 Å². The summed E-state index contributed by atoms with van der Waals surface area (Å²) in [5.41, 5.74) is 6.90. The van der Waals surface area contributed by atoms with Gasteiger partial charge < -0.3 is 9.47 Å². The Bertz CT molecular complexity index is 1230. The molecule has 0 spiro atoms. The highest BCUT2D eigenvalue weighted by Crippen LogP contribution is 2.33. The van der Waals surface area contributed by atoms with E-state index in [0.717, 1.165) is 29.1 Å². The molecule has 1 aliphatic heterocycles. The maximum absolute atomic E-state index is 12.8. The molecule has 3 aromatic carbocycles. The molecular formula is C26H25N3O. The number of hydrogen-bond donors (Lipinski definition) is 0. The number of aryl methyl sites for hydroxylation is 2. The molecule has 2 heterocycles. The van der Waals surface area contributed by atoms with Crippen molar-refractivity contribution in [3.63, 3.8) is 0 Å². The van der Waals surface area contributed by atoms with Crippen molar-refractivity contribution in [1.29, 1.82) is 0 Å². The van der Waals surface area contributed by atoms with E-state index in [0.29, 0.717) is 13.0 Å². The molecule has 4 nitrogen and oxygen atoms in total. The van der Waals surface area contributed by atoms with Gasteiger partial charge in [0.15, 0.2) is 0 Å². The molecule has 5 rings (SSSR count). The molecule has 4 heteroatoms. The molecule has 0 N–H and O–H groups in total. The molecule has 1 atom stereocenters. The molecule has 0 unspecified atom stereocenters. The second-order valence-corrected chi connectivity index (χ2v) is 8.22. The number of hydrogen-bond acceptors (Lipinski definition) is 2. The number of carbonyl (C=O) groups is 1. The number of aromatic nitrogens is 2. The van der Waals surface area contributed by atoms with Crippen molar-refractivity contribution >= 4 is 22.6 Å². The van der Waals surface area contributed by atoms with E-state index < -0.39 is 0 Å². The third-order valence-electron chi connectivity index (χ3n) is 6.08. The fourth-order valence-electron chi connectivity index (χ4n) is 4.45. The quantitative estimate of drug-likeness (QED) is 0.475. The number of imidazole rings is 1. The largest absolute Gasteiger partial charge is 0.323 e. The minimum atomic E-state index is 0.0789. The summed E-state index contributed by atoms with van der Waals surface area (Å²) in [6.45, 7) is 5.71. The van der Waals surface area contributed by atoms with Crippen LogP contribution in [0.5, 0.6) is 0 Å². The van der Waals surface area contributed by atoms with Crippen LogP contribution in [-0.2, 0) is 11.3 Å². The first kappa shape index (κ1) is 18.6. The van der Waals surface area contributed by atoms with Crippen LogP contribution in [0, 0.1) is 13.8 Å². The van der Waals surface area contributed by atoms with E-state index in [-0.39, 0.29) is 11.8 Å². The third-order valence-corrected chi connectivity index (χ3v) is 6.08. The van der Waals surface area contributed by atoms with Gasteiger partial charge in [0, 0.05) is 31.1 Å². The molecule has 4 aromatic rings. The van der Waals surface area contributed by atoms with Crippen LogP contribution in [0.15, 0.2) is 72.8 Å². The fraction of sp³-hybridized carbons (Fsp3) is 0.231. The molecule has 0 saturated carbocycles. The van der Waals surface area contributed by atoms with Crippen molar-refractivity contribution < 1.29 is 4.79 Å². The minimum absolute atomic E-state index is 0.0789. The van der Waals surface area contributed by atoms with Gasteiger partial charge in [-0.25, -0.2) is 4.98 Å². The lowest BCUT2D eigenvalue weighted by molar-refractivity contribution is -0.117. The van der Waals surface area contributed by atoms with E-state index in [1.807, 2.05) is 41.3 Å². The van der Waals surface area contributed by atoms with Gasteiger partial charge in [-0.3, -0.25) is 4.79 Å². The number of amides is 1. The zero-order valence-corrected chi connectivity index (χ0v) is 17.4. The van der Waals surface area contributed by atoms with E-state index in [1.54, 1.807) is 0 Å². The first-order valence-electron chi connectivity index (χ1n) is 10.5. The highest BCUT2D eigenvalue weighted by molar-refractivity contribution is 5.96. The number of nitrogens with zero attached hydrogens (tertiary/aromatic N) is 3. The predicted molar refractivity (Wildman–Crippen MR) is 121 cm³/mol. The van der Waals surface area contributed by atoms with Gasteiger partial charge in [0.25, 0.3) is 0 Å². The average Bonchev–Trinajstić information content (AvgIpc) is 3.32. The predicted octanol–water partition coefficient (Wildman–Crippen LogP) is 5.22.